The first-order valence-electron chi connectivity index (χ1n) is 8.65. The molecular formula is C21H16Cl2N4O. The molecule has 0 aliphatic heterocycles. The predicted molar refractivity (Wildman–Crippen MR) is 112 cm³/mol. The van der Waals surface area contributed by atoms with Gasteiger partial charge in [-0.3, -0.25) is 4.79 Å². The van der Waals surface area contributed by atoms with Crippen LogP contribution in [0, 0.1) is 6.92 Å². The Kier molecular flexibility index (Phi) is 5.03. The molecule has 2 heterocycles. The van der Waals surface area contributed by atoms with Crippen molar-refractivity contribution in [2.75, 3.05) is 5.32 Å². The van der Waals surface area contributed by atoms with Crippen LogP contribution in [0.4, 0.5) is 5.82 Å². The van der Waals surface area contributed by atoms with Crippen molar-refractivity contribution in [3.05, 3.63) is 87.3 Å². The van der Waals surface area contributed by atoms with Crippen molar-refractivity contribution in [1.82, 2.24) is 15.0 Å². The standard InChI is InChI=1S/C21H16Cl2N4O/c1-12-7-8-24-19(9-12)27-21(28)13-5-6-17-18(10-13)26-20(25-17)11-14-15(22)3-2-4-16(14)23/h2-10H,11H2,1H3,(H,25,26)(H,24,27,28). The topological polar surface area (TPSA) is 70.7 Å². The van der Waals surface area contributed by atoms with Gasteiger partial charge < -0.3 is 10.3 Å². The van der Waals surface area contributed by atoms with Crippen LogP contribution in [0.2, 0.25) is 10.0 Å². The summed E-state index contributed by atoms with van der Waals surface area (Å²) in [6, 6.07) is 14.4. The zero-order chi connectivity index (χ0) is 19.7. The summed E-state index contributed by atoms with van der Waals surface area (Å²) in [5.74, 6) is 1.01. The Morgan fingerprint density at radius 2 is 1.89 bits per heavy atom. The summed E-state index contributed by atoms with van der Waals surface area (Å²) in [5, 5.41) is 4.00. The second-order valence-corrected chi connectivity index (χ2v) is 7.28. The summed E-state index contributed by atoms with van der Waals surface area (Å²) in [4.78, 5) is 24.5. The van der Waals surface area contributed by atoms with Crippen LogP contribution in [-0.4, -0.2) is 20.9 Å². The number of fused-ring (bicyclic) bond motifs is 1. The predicted octanol–water partition coefficient (Wildman–Crippen LogP) is 5.42. The monoisotopic (exact) mass is 410 g/mol. The average Bonchev–Trinajstić information content (AvgIpc) is 3.06. The fourth-order valence-corrected chi connectivity index (χ4v) is 3.48. The van der Waals surface area contributed by atoms with Gasteiger partial charge in [-0.05, 0) is 60.5 Å². The van der Waals surface area contributed by atoms with Gasteiger partial charge in [0.25, 0.3) is 5.91 Å². The molecule has 0 fully saturated rings. The zero-order valence-electron chi connectivity index (χ0n) is 15.0. The molecule has 0 bridgehead atoms. The second-order valence-electron chi connectivity index (χ2n) is 6.46. The Balaban J connectivity index is 1.58. The number of amides is 1. The molecule has 7 heteroatoms. The van der Waals surface area contributed by atoms with Gasteiger partial charge in [-0.25, -0.2) is 9.97 Å². The van der Waals surface area contributed by atoms with Crippen molar-refractivity contribution in [3.8, 4) is 0 Å². The number of benzene rings is 2. The van der Waals surface area contributed by atoms with Gasteiger partial charge in [0.15, 0.2) is 0 Å². The fraction of sp³-hybridized carbons (Fsp3) is 0.0952. The highest BCUT2D eigenvalue weighted by Crippen LogP contribution is 2.27. The van der Waals surface area contributed by atoms with Crippen molar-refractivity contribution in [3.63, 3.8) is 0 Å². The summed E-state index contributed by atoms with van der Waals surface area (Å²) in [6.45, 7) is 1.95. The third-order valence-electron chi connectivity index (χ3n) is 4.36. The van der Waals surface area contributed by atoms with E-state index in [2.05, 4.69) is 20.3 Å². The number of hydrogen-bond acceptors (Lipinski definition) is 3. The molecule has 0 spiro atoms. The van der Waals surface area contributed by atoms with Gasteiger partial charge in [-0.2, -0.15) is 0 Å². The van der Waals surface area contributed by atoms with E-state index in [1.807, 2.05) is 25.1 Å². The van der Waals surface area contributed by atoms with Crippen molar-refractivity contribution < 1.29 is 4.79 Å². The molecule has 0 radical (unpaired) electrons. The number of hydrogen-bond donors (Lipinski definition) is 2. The highest BCUT2D eigenvalue weighted by atomic mass is 35.5. The SMILES string of the molecule is Cc1ccnc(NC(=O)c2ccc3nc(Cc4c(Cl)cccc4Cl)[nH]c3c2)c1. The smallest absolute Gasteiger partial charge is 0.256 e. The van der Waals surface area contributed by atoms with E-state index in [4.69, 9.17) is 23.2 Å². The van der Waals surface area contributed by atoms with E-state index in [0.29, 0.717) is 27.8 Å². The van der Waals surface area contributed by atoms with E-state index in [-0.39, 0.29) is 5.91 Å². The maximum absolute atomic E-state index is 12.5. The van der Waals surface area contributed by atoms with Gasteiger partial charge in [0.2, 0.25) is 0 Å². The molecule has 0 atom stereocenters. The summed E-state index contributed by atoms with van der Waals surface area (Å²) in [5.41, 5.74) is 3.89. The molecule has 140 valence electrons. The molecule has 1 amide bonds. The van der Waals surface area contributed by atoms with Gasteiger partial charge in [-0.1, -0.05) is 29.3 Å². The quantitative estimate of drug-likeness (QED) is 0.471. The van der Waals surface area contributed by atoms with Gasteiger partial charge >= 0.3 is 0 Å². The first kappa shape index (κ1) is 18.5. The van der Waals surface area contributed by atoms with E-state index in [1.54, 1.807) is 36.5 Å². The number of nitrogens with zero attached hydrogens (tertiary/aromatic N) is 2. The first-order valence-corrected chi connectivity index (χ1v) is 9.41. The number of imidazole rings is 1. The summed E-state index contributed by atoms with van der Waals surface area (Å²) >= 11 is 12.5. The van der Waals surface area contributed by atoms with Crippen LogP contribution in [-0.2, 0) is 6.42 Å². The maximum atomic E-state index is 12.5. The second kappa shape index (κ2) is 7.62. The summed E-state index contributed by atoms with van der Waals surface area (Å²) in [7, 11) is 0. The minimum Gasteiger partial charge on any atom is -0.342 e. The molecule has 0 aliphatic carbocycles. The Morgan fingerprint density at radius 3 is 2.64 bits per heavy atom. The van der Waals surface area contributed by atoms with Crippen LogP contribution in [0.25, 0.3) is 11.0 Å². The van der Waals surface area contributed by atoms with E-state index in [0.717, 1.165) is 28.0 Å². The van der Waals surface area contributed by atoms with Crippen LogP contribution in [0.3, 0.4) is 0 Å². The minimum absolute atomic E-state index is 0.231. The number of carbonyl (C=O) groups is 1. The molecule has 0 unspecified atom stereocenters. The van der Waals surface area contributed by atoms with Gasteiger partial charge in [0, 0.05) is 28.2 Å². The molecule has 5 nitrogen and oxygen atoms in total. The maximum Gasteiger partial charge on any atom is 0.256 e. The van der Waals surface area contributed by atoms with Crippen molar-refractivity contribution in [1.29, 1.82) is 0 Å². The molecule has 4 rings (SSSR count). The Morgan fingerprint density at radius 1 is 1.11 bits per heavy atom. The fourth-order valence-electron chi connectivity index (χ4n) is 2.95. The van der Waals surface area contributed by atoms with Crippen LogP contribution < -0.4 is 5.32 Å². The highest BCUT2D eigenvalue weighted by molar-refractivity contribution is 6.36. The molecule has 0 aliphatic rings. The summed E-state index contributed by atoms with van der Waals surface area (Å²) < 4.78 is 0. The third-order valence-corrected chi connectivity index (χ3v) is 5.06. The lowest BCUT2D eigenvalue weighted by molar-refractivity contribution is 0.102. The van der Waals surface area contributed by atoms with Crippen LogP contribution >= 0.6 is 23.2 Å². The first-order chi connectivity index (χ1) is 13.5. The normalized spacial score (nSPS) is 11.0. The molecule has 2 N–H and O–H groups in total. The Hall–Kier alpha value is -2.89. The van der Waals surface area contributed by atoms with Crippen LogP contribution in [0.1, 0.15) is 27.3 Å². The van der Waals surface area contributed by atoms with Crippen molar-refractivity contribution >= 4 is 46.0 Å². The van der Waals surface area contributed by atoms with Crippen LogP contribution in [0.15, 0.2) is 54.7 Å². The van der Waals surface area contributed by atoms with E-state index in [1.165, 1.54) is 0 Å². The number of carbonyl (C=O) groups excluding carboxylic acids is 1. The molecule has 0 saturated carbocycles. The highest BCUT2D eigenvalue weighted by Gasteiger charge is 2.12. The Bertz CT molecular complexity index is 1170. The molecular weight excluding hydrogens is 395 g/mol. The van der Waals surface area contributed by atoms with E-state index >= 15 is 0 Å². The number of anilines is 1. The number of halogens is 2. The van der Waals surface area contributed by atoms with E-state index < -0.39 is 0 Å². The molecule has 2 aromatic heterocycles. The Labute approximate surface area is 171 Å². The molecule has 2 aromatic carbocycles. The summed E-state index contributed by atoms with van der Waals surface area (Å²) in [6.07, 6.45) is 2.14. The lowest BCUT2D eigenvalue weighted by atomic mass is 10.1. The molecule has 4 aromatic rings. The number of aromatic nitrogens is 3. The number of H-pyrrole nitrogens is 1. The number of aromatic amines is 1. The zero-order valence-corrected chi connectivity index (χ0v) is 16.5. The largest absolute Gasteiger partial charge is 0.342 e. The number of nitrogens with one attached hydrogen (secondary N) is 2. The minimum atomic E-state index is -0.231. The third kappa shape index (κ3) is 3.86. The average molecular weight is 411 g/mol. The van der Waals surface area contributed by atoms with Gasteiger partial charge in [0.05, 0.1) is 11.0 Å². The lowest BCUT2D eigenvalue weighted by Gasteiger charge is -2.05. The lowest BCUT2D eigenvalue weighted by Crippen LogP contribution is -2.12. The van der Waals surface area contributed by atoms with Crippen LogP contribution in [0.5, 0.6) is 0 Å². The van der Waals surface area contributed by atoms with E-state index in [9.17, 15) is 4.79 Å². The van der Waals surface area contributed by atoms with Gasteiger partial charge in [0.1, 0.15) is 11.6 Å². The molecule has 28 heavy (non-hydrogen) atoms. The number of rotatable bonds is 4. The molecule has 0 saturated heterocycles. The number of aryl methyl sites for hydroxylation is 1. The van der Waals surface area contributed by atoms with Gasteiger partial charge in [-0.15, -0.1) is 0 Å². The van der Waals surface area contributed by atoms with Crippen molar-refractivity contribution in [2.24, 2.45) is 0 Å². The number of pyridine rings is 1. The van der Waals surface area contributed by atoms with Crippen molar-refractivity contribution in [2.45, 2.75) is 13.3 Å².